The predicted octanol–water partition coefficient (Wildman–Crippen LogP) is 22.9. The van der Waals surface area contributed by atoms with Gasteiger partial charge in [0.05, 0.1) is 25.4 Å². The van der Waals surface area contributed by atoms with Crippen LogP contribution in [0.25, 0.3) is 0 Å². The van der Waals surface area contributed by atoms with Gasteiger partial charge >= 0.3 is 5.97 Å². The molecule has 0 spiro atoms. The van der Waals surface area contributed by atoms with E-state index in [1.807, 2.05) is 6.08 Å². The van der Waals surface area contributed by atoms with E-state index in [0.29, 0.717) is 19.4 Å². The summed E-state index contributed by atoms with van der Waals surface area (Å²) in [5.41, 5.74) is 0. The molecule has 0 aliphatic heterocycles. The minimum absolute atomic E-state index is 0.0166. The molecule has 2 unspecified atom stereocenters. The Bertz CT molecular complexity index is 1220. The van der Waals surface area contributed by atoms with Gasteiger partial charge in [0, 0.05) is 12.8 Å². The van der Waals surface area contributed by atoms with Crippen LogP contribution in [0.5, 0.6) is 0 Å². The van der Waals surface area contributed by atoms with Gasteiger partial charge in [0.2, 0.25) is 5.91 Å². The standard InChI is InChI=1S/C72H139NO5/c1-3-5-7-9-11-13-15-17-19-21-28-32-36-40-44-48-52-56-60-64-70(75)69(68-74)73-71(76)65-61-57-53-49-45-41-37-33-30-26-24-23-25-27-31-35-39-43-47-51-55-59-63-67-78-72(77)66-62-58-54-50-46-42-38-34-29-22-20-18-16-14-12-10-8-6-4-2/h26,30,60,64,69-70,74-75H,3-25,27-29,31-59,61-63,65-68H2,1-2H3,(H,73,76)/b30-26-,64-60+. The zero-order chi connectivity index (χ0) is 56.4. The Balaban J connectivity index is 3.41. The highest BCUT2D eigenvalue weighted by Gasteiger charge is 2.18. The number of amides is 1. The van der Waals surface area contributed by atoms with E-state index in [9.17, 15) is 19.8 Å². The van der Waals surface area contributed by atoms with Gasteiger partial charge < -0.3 is 20.3 Å². The lowest BCUT2D eigenvalue weighted by Crippen LogP contribution is -2.45. The highest BCUT2D eigenvalue weighted by molar-refractivity contribution is 5.76. The van der Waals surface area contributed by atoms with Crippen LogP contribution in [-0.2, 0) is 14.3 Å². The largest absolute Gasteiger partial charge is 0.466 e. The summed E-state index contributed by atoms with van der Waals surface area (Å²) in [5, 5.41) is 23.2. The third-order valence-electron chi connectivity index (χ3n) is 16.7. The van der Waals surface area contributed by atoms with E-state index < -0.39 is 12.1 Å². The summed E-state index contributed by atoms with van der Waals surface area (Å²) in [7, 11) is 0. The van der Waals surface area contributed by atoms with Crippen molar-refractivity contribution >= 4 is 11.9 Å². The van der Waals surface area contributed by atoms with Gasteiger partial charge in [-0.15, -0.1) is 0 Å². The molecule has 0 saturated carbocycles. The van der Waals surface area contributed by atoms with Gasteiger partial charge in [-0.2, -0.15) is 0 Å². The quantitative estimate of drug-likeness (QED) is 0.0320. The lowest BCUT2D eigenvalue weighted by Gasteiger charge is -2.20. The molecule has 0 rings (SSSR count). The molecule has 0 aromatic rings. The van der Waals surface area contributed by atoms with Gasteiger partial charge in [0.25, 0.3) is 0 Å². The Hall–Kier alpha value is -1.66. The number of aliphatic hydroxyl groups is 2. The second kappa shape index (κ2) is 67.8. The van der Waals surface area contributed by atoms with Crippen molar-refractivity contribution < 1.29 is 24.5 Å². The van der Waals surface area contributed by atoms with E-state index in [1.165, 1.54) is 327 Å². The van der Waals surface area contributed by atoms with Crippen molar-refractivity contribution in [2.24, 2.45) is 0 Å². The van der Waals surface area contributed by atoms with E-state index in [-0.39, 0.29) is 18.5 Å². The molecule has 0 bridgehead atoms. The summed E-state index contributed by atoms with van der Waals surface area (Å²) in [5.74, 6) is -0.0541. The fourth-order valence-corrected chi connectivity index (χ4v) is 11.3. The molecule has 0 radical (unpaired) electrons. The molecule has 6 heteroatoms. The van der Waals surface area contributed by atoms with Crippen LogP contribution in [0, 0.1) is 0 Å². The molecule has 2 atom stereocenters. The molecule has 1 amide bonds. The SMILES string of the molecule is CCCCCCCCCCCCCCCCCCC/C=C/C(O)C(CO)NC(=O)CCCCCCCCC/C=C\CCCCCCCCCCCCCCOC(=O)CCCCCCCCCCCCCCCCCCCCC. The third-order valence-corrected chi connectivity index (χ3v) is 16.7. The summed E-state index contributed by atoms with van der Waals surface area (Å²) in [6.07, 6.45) is 85.4. The van der Waals surface area contributed by atoms with E-state index in [1.54, 1.807) is 6.08 Å². The van der Waals surface area contributed by atoms with Crippen molar-refractivity contribution in [1.82, 2.24) is 5.32 Å². The van der Waals surface area contributed by atoms with Crippen LogP contribution >= 0.6 is 0 Å². The molecule has 0 heterocycles. The monoisotopic (exact) mass is 1100 g/mol. The number of ether oxygens (including phenoxy) is 1. The molecular formula is C72H139NO5. The Labute approximate surface area is 488 Å². The third kappa shape index (κ3) is 63.5. The smallest absolute Gasteiger partial charge is 0.305 e. The van der Waals surface area contributed by atoms with Crippen molar-refractivity contribution in [3.63, 3.8) is 0 Å². The van der Waals surface area contributed by atoms with Crippen LogP contribution in [0.3, 0.4) is 0 Å². The Morgan fingerprint density at radius 2 is 0.603 bits per heavy atom. The average molecular weight is 1100 g/mol. The second-order valence-corrected chi connectivity index (χ2v) is 24.6. The minimum Gasteiger partial charge on any atom is -0.466 e. The van der Waals surface area contributed by atoms with Gasteiger partial charge in [-0.3, -0.25) is 9.59 Å². The van der Waals surface area contributed by atoms with Crippen LogP contribution in [0.15, 0.2) is 24.3 Å². The fourth-order valence-electron chi connectivity index (χ4n) is 11.3. The highest BCUT2D eigenvalue weighted by atomic mass is 16.5. The summed E-state index contributed by atoms with van der Waals surface area (Å²) >= 11 is 0. The van der Waals surface area contributed by atoms with Gasteiger partial charge in [0.15, 0.2) is 0 Å². The van der Waals surface area contributed by atoms with E-state index in [0.717, 1.165) is 44.9 Å². The molecule has 0 aliphatic carbocycles. The Morgan fingerprint density at radius 1 is 0.346 bits per heavy atom. The van der Waals surface area contributed by atoms with Gasteiger partial charge in [-0.05, 0) is 57.8 Å². The number of carbonyl (C=O) groups is 2. The zero-order valence-corrected chi connectivity index (χ0v) is 52.9. The summed E-state index contributed by atoms with van der Waals surface area (Å²) in [4.78, 5) is 24.6. The molecule has 3 N–H and O–H groups in total. The van der Waals surface area contributed by atoms with Crippen molar-refractivity contribution in [3.8, 4) is 0 Å². The number of esters is 1. The predicted molar refractivity (Wildman–Crippen MR) is 343 cm³/mol. The molecule has 0 aliphatic rings. The number of carbonyl (C=O) groups excluding carboxylic acids is 2. The first-order chi connectivity index (χ1) is 38.5. The first kappa shape index (κ1) is 76.3. The van der Waals surface area contributed by atoms with Crippen molar-refractivity contribution in [1.29, 1.82) is 0 Å². The average Bonchev–Trinajstić information content (AvgIpc) is 3.44. The topological polar surface area (TPSA) is 95.9 Å². The second-order valence-electron chi connectivity index (χ2n) is 24.6. The van der Waals surface area contributed by atoms with Crippen LogP contribution < -0.4 is 5.32 Å². The van der Waals surface area contributed by atoms with Gasteiger partial charge in [-0.1, -0.05) is 353 Å². The lowest BCUT2D eigenvalue weighted by molar-refractivity contribution is -0.143. The van der Waals surface area contributed by atoms with Gasteiger partial charge in [0.1, 0.15) is 0 Å². The molecule has 78 heavy (non-hydrogen) atoms. The number of allylic oxidation sites excluding steroid dienone is 3. The van der Waals surface area contributed by atoms with Gasteiger partial charge in [-0.25, -0.2) is 0 Å². The molecular weight excluding hydrogens is 959 g/mol. The first-order valence-electron chi connectivity index (χ1n) is 35.6. The maximum atomic E-state index is 12.5. The first-order valence-corrected chi connectivity index (χ1v) is 35.6. The number of hydrogen-bond acceptors (Lipinski definition) is 5. The number of nitrogens with one attached hydrogen (secondary N) is 1. The number of rotatable bonds is 67. The van der Waals surface area contributed by atoms with Crippen molar-refractivity contribution in [3.05, 3.63) is 24.3 Å². The Morgan fingerprint density at radius 3 is 0.910 bits per heavy atom. The number of aliphatic hydroxyl groups excluding tert-OH is 2. The Kier molecular flexibility index (Phi) is 66.4. The van der Waals surface area contributed by atoms with Crippen LogP contribution in [0.2, 0.25) is 0 Å². The maximum absolute atomic E-state index is 12.5. The van der Waals surface area contributed by atoms with Crippen LogP contribution in [0.4, 0.5) is 0 Å². The number of unbranched alkanes of at least 4 members (excludes halogenated alkanes) is 54. The van der Waals surface area contributed by atoms with Crippen molar-refractivity contribution in [2.75, 3.05) is 13.2 Å². The van der Waals surface area contributed by atoms with E-state index in [2.05, 4.69) is 31.3 Å². The molecule has 0 aromatic heterocycles. The summed E-state index contributed by atoms with van der Waals surface area (Å²) < 4.78 is 5.51. The highest BCUT2D eigenvalue weighted by Crippen LogP contribution is 2.19. The van der Waals surface area contributed by atoms with Crippen LogP contribution in [0.1, 0.15) is 399 Å². The lowest BCUT2D eigenvalue weighted by atomic mass is 10.0. The van der Waals surface area contributed by atoms with E-state index in [4.69, 9.17) is 4.74 Å². The minimum atomic E-state index is -0.849. The molecule has 0 fully saturated rings. The molecule has 6 nitrogen and oxygen atoms in total. The summed E-state index contributed by atoms with van der Waals surface area (Å²) in [6.45, 7) is 4.94. The molecule has 462 valence electrons. The normalized spacial score (nSPS) is 12.6. The van der Waals surface area contributed by atoms with E-state index >= 15 is 0 Å². The zero-order valence-electron chi connectivity index (χ0n) is 52.9. The van der Waals surface area contributed by atoms with Crippen molar-refractivity contribution in [2.45, 2.75) is 411 Å². The summed E-state index contributed by atoms with van der Waals surface area (Å²) in [6, 6.07) is -0.633. The molecule has 0 aromatic carbocycles. The maximum Gasteiger partial charge on any atom is 0.305 e. The van der Waals surface area contributed by atoms with Crippen LogP contribution in [-0.4, -0.2) is 47.4 Å². The molecule has 0 saturated heterocycles. The number of hydrogen-bond donors (Lipinski definition) is 3. The fraction of sp³-hybridized carbons (Fsp3) is 0.917.